The van der Waals surface area contributed by atoms with Crippen molar-refractivity contribution in [1.82, 2.24) is 4.98 Å². The van der Waals surface area contributed by atoms with Crippen LogP contribution in [0.1, 0.15) is 28.2 Å². The Morgan fingerprint density at radius 2 is 2.20 bits per heavy atom. The summed E-state index contributed by atoms with van der Waals surface area (Å²) in [5, 5.41) is 0. The molecule has 1 aromatic rings. The van der Waals surface area contributed by atoms with Crippen LogP contribution in [0, 0.1) is 6.92 Å². The molecule has 0 spiro atoms. The van der Waals surface area contributed by atoms with Gasteiger partial charge >= 0.3 is 5.97 Å². The highest BCUT2D eigenvalue weighted by Crippen LogP contribution is 2.30. The molecule has 0 unspecified atom stereocenters. The summed E-state index contributed by atoms with van der Waals surface area (Å²) in [5.74, 6) is -0.743. The van der Waals surface area contributed by atoms with Gasteiger partial charge in [0, 0.05) is 11.3 Å². The van der Waals surface area contributed by atoms with Crippen LogP contribution in [0.3, 0.4) is 0 Å². The van der Waals surface area contributed by atoms with Gasteiger partial charge < -0.3 is 4.74 Å². The van der Waals surface area contributed by atoms with Gasteiger partial charge in [0.1, 0.15) is 0 Å². The first-order valence-corrected chi connectivity index (χ1v) is 4.80. The van der Waals surface area contributed by atoms with Crippen LogP contribution in [0.15, 0.2) is 10.5 Å². The molecule has 0 atom stereocenters. The number of pyridine rings is 1. The van der Waals surface area contributed by atoms with Crippen molar-refractivity contribution in [2.45, 2.75) is 13.3 Å². The van der Waals surface area contributed by atoms with Gasteiger partial charge in [-0.2, -0.15) is 0 Å². The van der Waals surface area contributed by atoms with E-state index in [9.17, 15) is 13.6 Å². The van der Waals surface area contributed by atoms with Crippen molar-refractivity contribution in [3.63, 3.8) is 0 Å². The molecular formula is C9H8BrF2NO2. The van der Waals surface area contributed by atoms with Crippen LogP contribution in [0.4, 0.5) is 8.78 Å². The monoisotopic (exact) mass is 279 g/mol. The van der Waals surface area contributed by atoms with Crippen molar-refractivity contribution in [3.8, 4) is 0 Å². The molecule has 0 aromatic carbocycles. The zero-order valence-electron chi connectivity index (χ0n) is 8.05. The fourth-order valence-corrected chi connectivity index (χ4v) is 1.61. The number of methoxy groups -OCH3 is 1. The maximum absolute atomic E-state index is 12.5. The van der Waals surface area contributed by atoms with Gasteiger partial charge in [-0.25, -0.2) is 18.6 Å². The number of rotatable bonds is 2. The number of alkyl halides is 2. The van der Waals surface area contributed by atoms with E-state index in [1.54, 1.807) is 0 Å². The molecule has 3 nitrogen and oxygen atoms in total. The third kappa shape index (κ3) is 2.50. The normalized spacial score (nSPS) is 10.5. The number of hydrogen-bond acceptors (Lipinski definition) is 3. The van der Waals surface area contributed by atoms with Crippen LogP contribution < -0.4 is 0 Å². The van der Waals surface area contributed by atoms with Crippen molar-refractivity contribution in [3.05, 3.63) is 27.5 Å². The molecule has 0 bridgehead atoms. The number of halogens is 3. The first kappa shape index (κ1) is 12.0. The molecule has 0 amide bonds. The Morgan fingerprint density at radius 1 is 1.60 bits per heavy atom. The van der Waals surface area contributed by atoms with Gasteiger partial charge in [-0.15, -0.1) is 0 Å². The van der Waals surface area contributed by atoms with E-state index in [4.69, 9.17) is 0 Å². The summed E-state index contributed by atoms with van der Waals surface area (Å²) in [6.45, 7) is 1.53. The lowest BCUT2D eigenvalue weighted by Gasteiger charge is -2.08. The third-order valence-electron chi connectivity index (χ3n) is 1.73. The Kier molecular flexibility index (Phi) is 3.73. The molecule has 0 saturated carbocycles. The van der Waals surface area contributed by atoms with Gasteiger partial charge in [-0.05, 0) is 28.9 Å². The van der Waals surface area contributed by atoms with E-state index in [1.165, 1.54) is 20.1 Å². The maximum atomic E-state index is 12.5. The Labute approximate surface area is 93.6 Å². The summed E-state index contributed by atoms with van der Waals surface area (Å²) in [6.07, 6.45) is -2.66. The van der Waals surface area contributed by atoms with Crippen molar-refractivity contribution in [2.24, 2.45) is 0 Å². The second-order valence-corrected chi connectivity index (χ2v) is 3.60. The second kappa shape index (κ2) is 4.65. The van der Waals surface area contributed by atoms with E-state index in [1.807, 2.05) is 0 Å². The number of carbonyl (C=O) groups excluding carboxylic acids is 1. The number of aryl methyl sites for hydroxylation is 1. The van der Waals surface area contributed by atoms with Crippen molar-refractivity contribution >= 4 is 21.9 Å². The van der Waals surface area contributed by atoms with Crippen molar-refractivity contribution < 1.29 is 18.3 Å². The first-order valence-electron chi connectivity index (χ1n) is 4.01. The third-order valence-corrected chi connectivity index (χ3v) is 2.56. The molecule has 0 aliphatic carbocycles. The smallest absolute Gasteiger partial charge is 0.357 e. The Bertz CT molecular complexity index is 396. The summed E-state index contributed by atoms with van der Waals surface area (Å²) in [7, 11) is 1.17. The number of carbonyl (C=O) groups is 1. The van der Waals surface area contributed by atoms with E-state index in [2.05, 4.69) is 25.7 Å². The van der Waals surface area contributed by atoms with E-state index >= 15 is 0 Å². The van der Waals surface area contributed by atoms with Crippen LogP contribution in [0.5, 0.6) is 0 Å². The van der Waals surface area contributed by atoms with Crippen molar-refractivity contribution in [2.75, 3.05) is 7.11 Å². The highest BCUT2D eigenvalue weighted by atomic mass is 79.9. The van der Waals surface area contributed by atoms with Crippen LogP contribution in [-0.4, -0.2) is 18.1 Å². The standard InChI is InChI=1S/C9H8BrF2NO2/c1-4-3-5(8(11)12)6(10)7(13-4)9(14)15-2/h3,8H,1-2H3. The van der Waals surface area contributed by atoms with E-state index in [0.29, 0.717) is 5.69 Å². The molecule has 82 valence electrons. The van der Waals surface area contributed by atoms with Crippen molar-refractivity contribution in [1.29, 1.82) is 0 Å². The predicted octanol–water partition coefficient (Wildman–Crippen LogP) is 2.88. The summed E-state index contributed by atoms with van der Waals surface area (Å²) < 4.78 is 29.5. The summed E-state index contributed by atoms with van der Waals surface area (Å²) in [5.41, 5.74) is -0.0513. The van der Waals surface area contributed by atoms with Crippen LogP contribution in [-0.2, 0) is 4.74 Å². The first-order chi connectivity index (χ1) is 6.97. The lowest BCUT2D eigenvalue weighted by atomic mass is 10.2. The van der Waals surface area contributed by atoms with Gasteiger partial charge in [-0.3, -0.25) is 0 Å². The molecule has 0 N–H and O–H groups in total. The summed E-state index contributed by atoms with van der Waals surface area (Å²) in [4.78, 5) is 15.0. The second-order valence-electron chi connectivity index (χ2n) is 2.81. The molecule has 0 saturated heterocycles. The average molecular weight is 280 g/mol. The van der Waals surface area contributed by atoms with Gasteiger partial charge in [0.15, 0.2) is 5.69 Å². The van der Waals surface area contributed by atoms with E-state index < -0.39 is 12.4 Å². The number of nitrogens with zero attached hydrogens (tertiary/aromatic N) is 1. The number of ether oxygens (including phenoxy) is 1. The van der Waals surface area contributed by atoms with Gasteiger partial charge in [0.25, 0.3) is 6.43 Å². The topological polar surface area (TPSA) is 39.2 Å². The van der Waals surface area contributed by atoms with Gasteiger partial charge in [-0.1, -0.05) is 0 Å². The lowest BCUT2D eigenvalue weighted by molar-refractivity contribution is 0.0592. The lowest BCUT2D eigenvalue weighted by Crippen LogP contribution is -2.08. The predicted molar refractivity (Wildman–Crippen MR) is 53.0 cm³/mol. The minimum atomic E-state index is -2.66. The van der Waals surface area contributed by atoms with E-state index in [-0.39, 0.29) is 15.7 Å². The summed E-state index contributed by atoms with van der Waals surface area (Å²) >= 11 is 2.91. The fraction of sp³-hybridized carbons (Fsp3) is 0.333. The maximum Gasteiger partial charge on any atom is 0.357 e. The highest BCUT2D eigenvalue weighted by Gasteiger charge is 2.21. The Hall–Kier alpha value is -1.04. The SMILES string of the molecule is COC(=O)c1nc(C)cc(C(F)F)c1Br. The van der Waals surface area contributed by atoms with Gasteiger partial charge in [0.05, 0.1) is 11.6 Å². The molecule has 1 aromatic heterocycles. The summed E-state index contributed by atoms with van der Waals surface area (Å²) in [6, 6.07) is 1.22. The minimum absolute atomic E-state index is 0.0186. The van der Waals surface area contributed by atoms with Gasteiger partial charge in [0.2, 0.25) is 0 Å². The minimum Gasteiger partial charge on any atom is -0.464 e. The molecule has 0 radical (unpaired) electrons. The molecule has 1 heterocycles. The van der Waals surface area contributed by atoms with Crippen LogP contribution >= 0.6 is 15.9 Å². The Morgan fingerprint density at radius 3 is 2.67 bits per heavy atom. The fourth-order valence-electron chi connectivity index (χ4n) is 1.07. The largest absolute Gasteiger partial charge is 0.464 e. The molecule has 0 fully saturated rings. The molecule has 15 heavy (non-hydrogen) atoms. The van der Waals surface area contributed by atoms with Crippen LogP contribution in [0.25, 0.3) is 0 Å². The highest BCUT2D eigenvalue weighted by molar-refractivity contribution is 9.10. The zero-order chi connectivity index (χ0) is 11.6. The quantitative estimate of drug-likeness (QED) is 0.782. The number of esters is 1. The number of aromatic nitrogens is 1. The molecule has 6 heteroatoms. The number of hydrogen-bond donors (Lipinski definition) is 0. The molecular weight excluding hydrogens is 272 g/mol. The molecule has 0 aliphatic rings. The average Bonchev–Trinajstić information content (AvgIpc) is 2.19. The van der Waals surface area contributed by atoms with Crippen LogP contribution in [0.2, 0.25) is 0 Å². The Balaban J connectivity index is 3.34. The molecule has 0 aliphatic heterocycles. The van der Waals surface area contributed by atoms with E-state index in [0.717, 1.165) is 0 Å². The zero-order valence-corrected chi connectivity index (χ0v) is 9.64. The molecule has 1 rings (SSSR count).